The van der Waals surface area contributed by atoms with Crippen LogP contribution in [-0.2, 0) is 11.3 Å². The summed E-state index contributed by atoms with van der Waals surface area (Å²) in [6.45, 7) is 7.07. The Bertz CT molecular complexity index is 757. The van der Waals surface area contributed by atoms with Crippen molar-refractivity contribution < 1.29 is 14.3 Å². The molecule has 2 aromatic carbocycles. The number of anilines is 1. The second kappa shape index (κ2) is 9.25. The van der Waals surface area contributed by atoms with Crippen molar-refractivity contribution in [3.63, 3.8) is 0 Å². The van der Waals surface area contributed by atoms with Crippen LogP contribution in [0.1, 0.15) is 36.5 Å². The van der Waals surface area contributed by atoms with E-state index in [-0.39, 0.29) is 12.5 Å². The van der Waals surface area contributed by atoms with Gasteiger partial charge in [0.05, 0.1) is 20.8 Å². The highest BCUT2D eigenvalue weighted by atomic mass is 16.5. The zero-order valence-corrected chi connectivity index (χ0v) is 16.2. The summed E-state index contributed by atoms with van der Waals surface area (Å²) in [6.07, 6.45) is 0. The van der Waals surface area contributed by atoms with E-state index < -0.39 is 0 Å². The van der Waals surface area contributed by atoms with E-state index in [9.17, 15) is 4.79 Å². The molecule has 2 rings (SSSR count). The maximum atomic E-state index is 12.3. The van der Waals surface area contributed by atoms with Gasteiger partial charge in [-0.3, -0.25) is 4.79 Å². The Kier molecular flexibility index (Phi) is 7.04. The van der Waals surface area contributed by atoms with Crippen molar-refractivity contribution in [2.24, 2.45) is 0 Å². The molecule has 0 aliphatic carbocycles. The number of carbonyl (C=O) groups excluding carboxylic acids is 1. The maximum Gasteiger partial charge on any atom is 0.238 e. The molecular formula is C21H28N2O3. The summed E-state index contributed by atoms with van der Waals surface area (Å²) >= 11 is 0. The van der Waals surface area contributed by atoms with Crippen molar-refractivity contribution in [2.45, 2.75) is 33.2 Å². The summed E-state index contributed by atoms with van der Waals surface area (Å²) < 4.78 is 10.5. The van der Waals surface area contributed by atoms with Crippen molar-refractivity contribution in [2.75, 3.05) is 26.1 Å². The normalized spacial score (nSPS) is 10.7. The lowest BCUT2D eigenvalue weighted by molar-refractivity contribution is -0.115. The topological polar surface area (TPSA) is 59.6 Å². The largest absolute Gasteiger partial charge is 0.493 e. The second-order valence-electron chi connectivity index (χ2n) is 6.53. The Hall–Kier alpha value is -2.53. The Morgan fingerprint density at radius 3 is 2.46 bits per heavy atom. The minimum Gasteiger partial charge on any atom is -0.493 e. The second-order valence-corrected chi connectivity index (χ2v) is 6.53. The standard InChI is InChI=1S/C21H28N2O3/c1-14(2)17-8-6-7-15(3)21(17)23-20(24)13-22-12-16-9-10-18(25-4)19(11-16)26-5/h6-11,14,22H,12-13H2,1-5H3,(H,23,24). The van der Waals surface area contributed by atoms with E-state index in [1.54, 1.807) is 14.2 Å². The van der Waals surface area contributed by atoms with Gasteiger partial charge in [-0.1, -0.05) is 38.1 Å². The molecule has 140 valence electrons. The summed E-state index contributed by atoms with van der Waals surface area (Å²) in [6, 6.07) is 11.8. The Balaban J connectivity index is 1.94. The number of hydrogen-bond donors (Lipinski definition) is 2. The van der Waals surface area contributed by atoms with Gasteiger partial charge in [0.1, 0.15) is 0 Å². The van der Waals surface area contributed by atoms with Crippen LogP contribution in [0.4, 0.5) is 5.69 Å². The summed E-state index contributed by atoms with van der Waals surface area (Å²) in [5.74, 6) is 1.67. The number of benzene rings is 2. The predicted octanol–water partition coefficient (Wildman–Crippen LogP) is 3.86. The Morgan fingerprint density at radius 1 is 1.08 bits per heavy atom. The summed E-state index contributed by atoms with van der Waals surface area (Å²) in [5, 5.41) is 6.21. The van der Waals surface area contributed by atoms with Crippen molar-refractivity contribution in [3.8, 4) is 11.5 Å². The first kappa shape index (κ1) is 19.8. The van der Waals surface area contributed by atoms with Gasteiger partial charge in [0.2, 0.25) is 5.91 Å². The van der Waals surface area contributed by atoms with Gasteiger partial charge in [0, 0.05) is 12.2 Å². The van der Waals surface area contributed by atoms with E-state index in [4.69, 9.17) is 9.47 Å². The van der Waals surface area contributed by atoms with Gasteiger partial charge < -0.3 is 20.1 Å². The molecule has 0 heterocycles. The molecular weight excluding hydrogens is 328 g/mol. The van der Waals surface area contributed by atoms with Crippen LogP contribution in [0, 0.1) is 6.92 Å². The molecule has 0 radical (unpaired) electrons. The van der Waals surface area contributed by atoms with Gasteiger partial charge in [-0.25, -0.2) is 0 Å². The van der Waals surface area contributed by atoms with Crippen LogP contribution >= 0.6 is 0 Å². The highest BCUT2D eigenvalue weighted by Crippen LogP contribution is 2.28. The lowest BCUT2D eigenvalue weighted by atomic mass is 9.98. The number of hydrogen-bond acceptors (Lipinski definition) is 4. The molecule has 0 spiro atoms. The van der Waals surface area contributed by atoms with E-state index in [1.807, 2.05) is 37.3 Å². The van der Waals surface area contributed by atoms with E-state index in [0.717, 1.165) is 22.4 Å². The molecule has 0 bridgehead atoms. The van der Waals surface area contributed by atoms with Gasteiger partial charge >= 0.3 is 0 Å². The predicted molar refractivity (Wildman–Crippen MR) is 105 cm³/mol. The molecule has 1 amide bonds. The lowest BCUT2D eigenvalue weighted by Crippen LogP contribution is -2.28. The molecule has 5 nitrogen and oxygen atoms in total. The summed E-state index contributed by atoms with van der Waals surface area (Å²) in [4.78, 5) is 12.3. The van der Waals surface area contributed by atoms with Crippen LogP contribution in [0.3, 0.4) is 0 Å². The number of amides is 1. The highest BCUT2D eigenvalue weighted by Gasteiger charge is 2.12. The first-order chi connectivity index (χ1) is 12.5. The highest BCUT2D eigenvalue weighted by molar-refractivity contribution is 5.93. The van der Waals surface area contributed by atoms with E-state index in [2.05, 4.69) is 30.5 Å². The summed E-state index contributed by atoms with van der Waals surface area (Å²) in [7, 11) is 3.22. The number of ether oxygens (including phenoxy) is 2. The molecule has 0 saturated carbocycles. The molecule has 2 aromatic rings. The monoisotopic (exact) mass is 356 g/mol. The van der Waals surface area contributed by atoms with Gasteiger partial charge in [-0.05, 0) is 41.7 Å². The van der Waals surface area contributed by atoms with Gasteiger partial charge in [0.15, 0.2) is 11.5 Å². The average Bonchev–Trinajstić information content (AvgIpc) is 2.63. The van der Waals surface area contributed by atoms with Crippen LogP contribution < -0.4 is 20.1 Å². The average molecular weight is 356 g/mol. The van der Waals surface area contributed by atoms with Crippen LogP contribution in [0.15, 0.2) is 36.4 Å². The maximum absolute atomic E-state index is 12.3. The molecule has 5 heteroatoms. The number of methoxy groups -OCH3 is 2. The Morgan fingerprint density at radius 2 is 1.81 bits per heavy atom. The molecule has 0 saturated heterocycles. The fraction of sp³-hybridized carbons (Fsp3) is 0.381. The number of aryl methyl sites for hydroxylation is 1. The van der Waals surface area contributed by atoms with Crippen molar-refractivity contribution in [1.29, 1.82) is 0 Å². The van der Waals surface area contributed by atoms with Crippen molar-refractivity contribution in [3.05, 3.63) is 53.1 Å². The molecule has 2 N–H and O–H groups in total. The third kappa shape index (κ3) is 4.99. The SMILES string of the molecule is COc1ccc(CNCC(=O)Nc2c(C)cccc2C(C)C)cc1OC. The molecule has 0 aliphatic heterocycles. The van der Waals surface area contributed by atoms with E-state index >= 15 is 0 Å². The molecule has 0 atom stereocenters. The lowest BCUT2D eigenvalue weighted by Gasteiger charge is -2.16. The van der Waals surface area contributed by atoms with Crippen LogP contribution in [0.25, 0.3) is 0 Å². The van der Waals surface area contributed by atoms with Gasteiger partial charge in [0.25, 0.3) is 0 Å². The quantitative estimate of drug-likeness (QED) is 0.754. The van der Waals surface area contributed by atoms with Crippen LogP contribution in [0.2, 0.25) is 0 Å². The molecule has 0 unspecified atom stereocenters. The number of para-hydroxylation sites is 1. The minimum absolute atomic E-state index is 0.0540. The molecule has 0 aliphatic rings. The fourth-order valence-corrected chi connectivity index (χ4v) is 2.84. The molecule has 0 fully saturated rings. The van der Waals surface area contributed by atoms with Crippen LogP contribution in [-0.4, -0.2) is 26.7 Å². The third-order valence-corrected chi connectivity index (χ3v) is 4.25. The first-order valence-electron chi connectivity index (χ1n) is 8.77. The zero-order chi connectivity index (χ0) is 19.1. The Labute approximate surface area is 155 Å². The van der Waals surface area contributed by atoms with Crippen molar-refractivity contribution >= 4 is 11.6 Å². The molecule has 26 heavy (non-hydrogen) atoms. The van der Waals surface area contributed by atoms with Gasteiger partial charge in [-0.2, -0.15) is 0 Å². The number of carbonyl (C=O) groups is 1. The zero-order valence-electron chi connectivity index (χ0n) is 16.2. The van der Waals surface area contributed by atoms with Crippen LogP contribution in [0.5, 0.6) is 11.5 Å². The summed E-state index contributed by atoms with van der Waals surface area (Å²) in [5.41, 5.74) is 4.16. The van der Waals surface area contributed by atoms with Gasteiger partial charge in [-0.15, -0.1) is 0 Å². The minimum atomic E-state index is -0.0540. The third-order valence-electron chi connectivity index (χ3n) is 4.25. The number of rotatable bonds is 8. The smallest absolute Gasteiger partial charge is 0.238 e. The fourth-order valence-electron chi connectivity index (χ4n) is 2.84. The van der Waals surface area contributed by atoms with E-state index in [0.29, 0.717) is 24.0 Å². The molecule has 0 aromatic heterocycles. The van der Waals surface area contributed by atoms with E-state index in [1.165, 1.54) is 0 Å². The number of nitrogens with one attached hydrogen (secondary N) is 2. The first-order valence-corrected chi connectivity index (χ1v) is 8.77. The van der Waals surface area contributed by atoms with Crippen molar-refractivity contribution in [1.82, 2.24) is 5.32 Å².